The predicted molar refractivity (Wildman–Crippen MR) is 118 cm³/mol. The number of hydrogen-bond acceptors (Lipinski definition) is 3. The fourth-order valence-corrected chi connectivity index (χ4v) is 4.35. The van der Waals surface area contributed by atoms with Crippen molar-refractivity contribution in [3.8, 4) is 0 Å². The highest BCUT2D eigenvalue weighted by Gasteiger charge is 2.31. The van der Waals surface area contributed by atoms with Crippen LogP contribution in [-0.4, -0.2) is 36.6 Å². The summed E-state index contributed by atoms with van der Waals surface area (Å²) in [6.07, 6.45) is 1.02. The second kappa shape index (κ2) is 9.31. The molecule has 1 N–H and O–H groups in total. The minimum absolute atomic E-state index is 0.0936. The van der Waals surface area contributed by atoms with E-state index < -0.39 is 0 Å². The zero-order valence-corrected chi connectivity index (χ0v) is 18.7. The van der Waals surface area contributed by atoms with Crippen LogP contribution in [0.5, 0.6) is 0 Å². The zero-order chi connectivity index (χ0) is 20.3. The number of rotatable bonds is 3. The van der Waals surface area contributed by atoms with E-state index in [1.807, 2.05) is 12.1 Å². The Morgan fingerprint density at radius 1 is 1.32 bits per heavy atom. The topological polar surface area (TPSA) is 45.3 Å². The van der Waals surface area contributed by atoms with Gasteiger partial charge in [0.15, 0.2) is 0 Å². The van der Waals surface area contributed by atoms with Crippen LogP contribution in [0.1, 0.15) is 29.8 Å². The summed E-state index contributed by atoms with van der Waals surface area (Å²) in [6.45, 7) is 3.65. The van der Waals surface area contributed by atoms with Crippen molar-refractivity contribution in [2.75, 3.05) is 20.2 Å². The van der Waals surface area contributed by atoms with Crippen LogP contribution < -0.4 is 0 Å². The quantitative estimate of drug-likeness (QED) is 0.465. The number of aromatic nitrogens is 1. The van der Waals surface area contributed by atoms with Crippen LogP contribution in [-0.2, 0) is 16.0 Å². The SMILES string of the molecule is CCOC=O.CN1CCc2c([nH]c3ccc(Br)cc23)C1c1cccc(Cl)c1Cl. The van der Waals surface area contributed by atoms with Gasteiger partial charge in [-0.15, -0.1) is 0 Å². The molecule has 0 bridgehead atoms. The largest absolute Gasteiger partial charge is 0.468 e. The maximum atomic E-state index is 9.18. The van der Waals surface area contributed by atoms with Gasteiger partial charge >= 0.3 is 0 Å². The summed E-state index contributed by atoms with van der Waals surface area (Å²) in [6, 6.07) is 12.3. The number of carbonyl (C=O) groups excluding carboxylic acids is 1. The van der Waals surface area contributed by atoms with E-state index in [0.717, 1.165) is 28.5 Å². The summed E-state index contributed by atoms with van der Waals surface area (Å²) in [5, 5.41) is 2.52. The summed E-state index contributed by atoms with van der Waals surface area (Å²) in [5.74, 6) is 0. The Morgan fingerprint density at radius 3 is 2.79 bits per heavy atom. The summed E-state index contributed by atoms with van der Waals surface area (Å²) in [7, 11) is 2.13. The Labute approximate surface area is 182 Å². The molecule has 0 saturated carbocycles. The van der Waals surface area contributed by atoms with E-state index in [9.17, 15) is 4.79 Å². The maximum Gasteiger partial charge on any atom is 0.293 e. The monoisotopic (exact) mass is 482 g/mol. The lowest BCUT2D eigenvalue weighted by Gasteiger charge is -2.33. The number of nitrogens with zero attached hydrogens (tertiary/aromatic N) is 1. The van der Waals surface area contributed by atoms with Crippen molar-refractivity contribution in [2.45, 2.75) is 19.4 Å². The predicted octanol–water partition coefficient (Wildman–Crippen LogP) is 5.99. The van der Waals surface area contributed by atoms with Gasteiger partial charge in [-0.2, -0.15) is 0 Å². The van der Waals surface area contributed by atoms with Crippen molar-refractivity contribution >= 4 is 56.5 Å². The van der Waals surface area contributed by atoms with Crippen LogP contribution in [0.25, 0.3) is 10.9 Å². The average molecular weight is 484 g/mol. The van der Waals surface area contributed by atoms with Crippen molar-refractivity contribution in [3.63, 3.8) is 0 Å². The Morgan fingerprint density at radius 2 is 2.11 bits per heavy atom. The molecule has 1 atom stereocenters. The molecule has 1 unspecified atom stereocenters. The van der Waals surface area contributed by atoms with E-state index in [1.54, 1.807) is 6.92 Å². The van der Waals surface area contributed by atoms with Gasteiger partial charge in [0.25, 0.3) is 6.47 Å². The summed E-state index contributed by atoms with van der Waals surface area (Å²) in [5.41, 5.74) is 4.81. The number of hydrogen-bond donors (Lipinski definition) is 1. The molecule has 0 spiro atoms. The van der Waals surface area contributed by atoms with Gasteiger partial charge < -0.3 is 9.72 Å². The molecular formula is C21H21BrCl2N2O2. The van der Waals surface area contributed by atoms with Crippen molar-refractivity contribution < 1.29 is 9.53 Å². The molecule has 148 valence electrons. The van der Waals surface area contributed by atoms with Crippen LogP contribution in [0, 0.1) is 0 Å². The molecule has 2 heterocycles. The first-order chi connectivity index (χ1) is 13.5. The van der Waals surface area contributed by atoms with Crippen molar-refractivity contribution in [1.29, 1.82) is 0 Å². The van der Waals surface area contributed by atoms with Crippen LogP contribution in [0.2, 0.25) is 10.0 Å². The Bertz CT molecular complexity index is 990. The van der Waals surface area contributed by atoms with Crippen LogP contribution in [0.3, 0.4) is 0 Å². The first kappa shape index (κ1) is 21.2. The zero-order valence-electron chi connectivity index (χ0n) is 15.6. The van der Waals surface area contributed by atoms with Crippen LogP contribution >= 0.6 is 39.1 Å². The van der Waals surface area contributed by atoms with E-state index in [4.69, 9.17) is 23.2 Å². The smallest absolute Gasteiger partial charge is 0.293 e. The number of carbonyl (C=O) groups is 1. The second-order valence-electron chi connectivity index (χ2n) is 6.53. The third-order valence-corrected chi connectivity index (χ3v) is 6.17. The van der Waals surface area contributed by atoms with E-state index in [0.29, 0.717) is 23.1 Å². The number of H-pyrrole nitrogens is 1. The fourth-order valence-electron chi connectivity index (χ4n) is 3.57. The molecule has 1 aliphatic heterocycles. The normalized spacial score (nSPS) is 16.2. The number of ether oxygens (including phenoxy) is 1. The van der Waals surface area contributed by atoms with Gasteiger partial charge in [-0.3, -0.25) is 9.69 Å². The van der Waals surface area contributed by atoms with Crippen molar-refractivity contribution in [2.24, 2.45) is 0 Å². The molecule has 0 amide bonds. The molecule has 0 saturated heterocycles. The number of halogens is 3. The lowest BCUT2D eigenvalue weighted by Crippen LogP contribution is -2.32. The molecule has 0 aliphatic carbocycles. The van der Waals surface area contributed by atoms with Crippen LogP contribution in [0.15, 0.2) is 40.9 Å². The molecular weight excluding hydrogens is 463 g/mol. The van der Waals surface area contributed by atoms with Gasteiger partial charge in [-0.05, 0) is 55.8 Å². The van der Waals surface area contributed by atoms with Gasteiger partial charge in [0.1, 0.15) is 0 Å². The van der Waals surface area contributed by atoms with Gasteiger partial charge in [0.2, 0.25) is 0 Å². The molecule has 3 aromatic rings. The Kier molecular flexibility index (Phi) is 7.05. The highest BCUT2D eigenvalue weighted by Crippen LogP contribution is 2.41. The minimum atomic E-state index is 0.0936. The number of nitrogens with one attached hydrogen (secondary N) is 1. The Hall–Kier alpha value is -1.53. The summed E-state index contributed by atoms with van der Waals surface area (Å²) < 4.78 is 5.25. The molecule has 1 aromatic heterocycles. The number of aromatic amines is 1. The average Bonchev–Trinajstić information content (AvgIpc) is 3.03. The van der Waals surface area contributed by atoms with Gasteiger partial charge in [-0.25, -0.2) is 0 Å². The molecule has 1 aliphatic rings. The first-order valence-electron chi connectivity index (χ1n) is 8.97. The Balaban J connectivity index is 0.000000403. The maximum absolute atomic E-state index is 9.18. The first-order valence-corrected chi connectivity index (χ1v) is 10.5. The van der Waals surface area contributed by atoms with E-state index in [1.165, 1.54) is 16.6 Å². The molecule has 4 nitrogen and oxygen atoms in total. The van der Waals surface area contributed by atoms with E-state index >= 15 is 0 Å². The lowest BCUT2D eigenvalue weighted by molar-refractivity contribution is -0.128. The van der Waals surface area contributed by atoms with Gasteiger partial charge in [0.05, 0.1) is 22.7 Å². The number of benzene rings is 2. The second-order valence-corrected chi connectivity index (χ2v) is 8.24. The number of fused-ring (bicyclic) bond motifs is 3. The van der Waals surface area contributed by atoms with Crippen molar-refractivity contribution in [1.82, 2.24) is 9.88 Å². The fraction of sp³-hybridized carbons (Fsp3) is 0.286. The van der Waals surface area contributed by atoms with E-state index in [-0.39, 0.29) is 6.04 Å². The molecule has 0 radical (unpaired) electrons. The summed E-state index contributed by atoms with van der Waals surface area (Å²) in [4.78, 5) is 15.1. The number of likely N-dealkylation sites (N-methyl/N-ethyl adjacent to an activating group) is 1. The third kappa shape index (κ3) is 4.23. The minimum Gasteiger partial charge on any atom is -0.468 e. The highest BCUT2D eigenvalue weighted by atomic mass is 79.9. The molecule has 0 fully saturated rings. The van der Waals surface area contributed by atoms with Crippen LogP contribution in [0.4, 0.5) is 0 Å². The van der Waals surface area contributed by atoms with Crippen molar-refractivity contribution in [3.05, 3.63) is 67.7 Å². The molecule has 2 aromatic carbocycles. The van der Waals surface area contributed by atoms with Gasteiger partial charge in [0, 0.05) is 27.6 Å². The van der Waals surface area contributed by atoms with E-state index in [2.05, 4.69) is 61.9 Å². The molecule has 4 rings (SSSR count). The highest BCUT2D eigenvalue weighted by molar-refractivity contribution is 9.10. The third-order valence-electron chi connectivity index (χ3n) is 4.84. The standard InChI is InChI=1S/C18H15BrCl2N2.C3H6O2/c1-23-8-7-11-13-9-10(19)5-6-15(13)22-17(11)18(23)12-3-2-4-14(20)16(12)21;1-2-5-3-4/h2-6,9,18,22H,7-8H2,1H3;3H,2H2,1H3. The van der Waals surface area contributed by atoms with Gasteiger partial charge in [-0.1, -0.05) is 51.3 Å². The molecule has 28 heavy (non-hydrogen) atoms. The lowest BCUT2D eigenvalue weighted by atomic mass is 9.93. The summed E-state index contributed by atoms with van der Waals surface area (Å²) >= 11 is 16.3. The molecule has 7 heteroatoms.